The molecule has 2 N–H and O–H groups in total. The smallest absolute Gasteiger partial charge is 0.304 e. The summed E-state index contributed by atoms with van der Waals surface area (Å²) in [6.07, 6.45) is -0.232. The molecule has 6 heteroatoms. The maximum atomic E-state index is 11.8. The van der Waals surface area contributed by atoms with Crippen LogP contribution in [0.1, 0.15) is 17.5 Å². The Hall–Kier alpha value is -1.40. The Morgan fingerprint density at radius 3 is 2.24 bits per heavy atom. The molecule has 0 fully saturated rings. The fraction of sp³-hybridized carbons (Fsp3) is 0.364. The summed E-state index contributed by atoms with van der Waals surface area (Å²) in [5, 5.41) is 8.43. The average Bonchev–Trinajstić information content (AvgIpc) is 2.14. The lowest BCUT2D eigenvalue weighted by molar-refractivity contribution is -0.136. The fourth-order valence-electron chi connectivity index (χ4n) is 1.46. The SMILES string of the molecule is Cc1cc(C)cc(S(=O)(=O)NCCC(=O)O)c1. The van der Waals surface area contributed by atoms with Gasteiger partial charge < -0.3 is 5.11 Å². The Morgan fingerprint density at radius 2 is 1.76 bits per heavy atom. The normalized spacial score (nSPS) is 11.4. The van der Waals surface area contributed by atoms with Crippen LogP contribution in [0, 0.1) is 13.8 Å². The number of aryl methyl sites for hydroxylation is 2. The first kappa shape index (κ1) is 13.7. The summed E-state index contributed by atoms with van der Waals surface area (Å²) in [4.78, 5) is 10.5. The summed E-state index contributed by atoms with van der Waals surface area (Å²) in [6.45, 7) is 3.51. The highest BCUT2D eigenvalue weighted by Crippen LogP contribution is 2.13. The van der Waals surface area contributed by atoms with Crippen molar-refractivity contribution in [3.8, 4) is 0 Å². The van der Waals surface area contributed by atoms with Crippen LogP contribution in [0.3, 0.4) is 0 Å². The van der Waals surface area contributed by atoms with Crippen molar-refractivity contribution >= 4 is 16.0 Å². The van der Waals surface area contributed by atoms with E-state index in [1.807, 2.05) is 19.9 Å². The topological polar surface area (TPSA) is 83.5 Å². The van der Waals surface area contributed by atoms with E-state index >= 15 is 0 Å². The van der Waals surface area contributed by atoms with E-state index in [9.17, 15) is 13.2 Å². The molecule has 5 nitrogen and oxygen atoms in total. The van der Waals surface area contributed by atoms with E-state index in [-0.39, 0.29) is 17.9 Å². The molecule has 0 bridgehead atoms. The first-order chi connectivity index (χ1) is 7.81. The Bertz CT molecular complexity index is 502. The van der Waals surface area contributed by atoms with Gasteiger partial charge >= 0.3 is 5.97 Å². The third-order valence-corrected chi connectivity index (χ3v) is 3.58. The first-order valence-electron chi connectivity index (χ1n) is 5.11. The highest BCUT2D eigenvalue weighted by Gasteiger charge is 2.14. The molecule has 0 heterocycles. The molecule has 0 aliphatic heterocycles. The summed E-state index contributed by atoms with van der Waals surface area (Å²) >= 11 is 0. The van der Waals surface area contributed by atoms with Gasteiger partial charge in [-0.2, -0.15) is 0 Å². The van der Waals surface area contributed by atoms with Crippen molar-refractivity contribution in [3.63, 3.8) is 0 Å². The van der Waals surface area contributed by atoms with Crippen molar-refractivity contribution in [1.82, 2.24) is 4.72 Å². The summed E-state index contributed by atoms with van der Waals surface area (Å²) in [5.74, 6) is -1.03. The number of rotatable bonds is 5. The van der Waals surface area contributed by atoms with Crippen molar-refractivity contribution < 1.29 is 18.3 Å². The Labute approximate surface area is 101 Å². The number of carbonyl (C=O) groups is 1. The van der Waals surface area contributed by atoms with E-state index in [0.29, 0.717) is 0 Å². The lowest BCUT2D eigenvalue weighted by Gasteiger charge is -2.07. The molecule has 0 atom stereocenters. The van der Waals surface area contributed by atoms with Crippen molar-refractivity contribution in [2.24, 2.45) is 0 Å². The van der Waals surface area contributed by atoms with Crippen LogP contribution in [-0.2, 0) is 14.8 Å². The summed E-state index contributed by atoms with van der Waals surface area (Å²) in [7, 11) is -3.61. The van der Waals surface area contributed by atoms with Crippen LogP contribution in [0.25, 0.3) is 0 Å². The molecule has 1 rings (SSSR count). The number of carboxylic acid groups (broad SMARTS) is 1. The molecule has 0 saturated heterocycles. The van der Waals surface area contributed by atoms with Crippen molar-refractivity contribution in [3.05, 3.63) is 29.3 Å². The zero-order valence-electron chi connectivity index (χ0n) is 9.73. The van der Waals surface area contributed by atoms with Gasteiger partial charge in [0.25, 0.3) is 0 Å². The van der Waals surface area contributed by atoms with Crippen molar-refractivity contribution in [1.29, 1.82) is 0 Å². The van der Waals surface area contributed by atoms with Crippen LogP contribution >= 0.6 is 0 Å². The number of nitrogens with one attached hydrogen (secondary N) is 1. The van der Waals surface area contributed by atoms with Gasteiger partial charge in [-0.25, -0.2) is 13.1 Å². The minimum atomic E-state index is -3.61. The van der Waals surface area contributed by atoms with Crippen LogP contribution in [-0.4, -0.2) is 26.0 Å². The van der Waals surface area contributed by atoms with Gasteiger partial charge in [-0.15, -0.1) is 0 Å². The lowest BCUT2D eigenvalue weighted by Crippen LogP contribution is -2.26. The van der Waals surface area contributed by atoms with Crippen LogP contribution in [0.4, 0.5) is 0 Å². The number of benzene rings is 1. The molecule has 94 valence electrons. The number of aliphatic carboxylic acids is 1. The quantitative estimate of drug-likeness (QED) is 0.826. The van der Waals surface area contributed by atoms with Crippen LogP contribution in [0.15, 0.2) is 23.1 Å². The molecule has 17 heavy (non-hydrogen) atoms. The minimum absolute atomic E-state index is 0.106. The Morgan fingerprint density at radius 1 is 1.24 bits per heavy atom. The summed E-state index contributed by atoms with van der Waals surface area (Å²) in [6, 6.07) is 4.97. The molecule has 0 spiro atoms. The Kier molecular flexibility index (Phi) is 4.25. The molecule has 0 saturated carbocycles. The predicted octanol–water partition coefficient (Wildman–Crippen LogP) is 1.06. The van der Waals surface area contributed by atoms with E-state index in [4.69, 9.17) is 5.11 Å². The second-order valence-electron chi connectivity index (χ2n) is 3.86. The summed E-state index contributed by atoms with van der Waals surface area (Å²) < 4.78 is 25.9. The molecule has 0 aliphatic rings. The van der Waals surface area contributed by atoms with Gasteiger partial charge in [0.05, 0.1) is 11.3 Å². The number of hydrogen-bond donors (Lipinski definition) is 2. The third-order valence-electron chi connectivity index (χ3n) is 2.14. The maximum absolute atomic E-state index is 11.8. The van der Waals surface area contributed by atoms with Gasteiger partial charge in [-0.3, -0.25) is 4.79 Å². The number of carboxylic acids is 1. The van der Waals surface area contributed by atoms with Gasteiger partial charge in [0.1, 0.15) is 0 Å². The molecule has 0 aliphatic carbocycles. The first-order valence-corrected chi connectivity index (χ1v) is 6.59. The molecule has 0 unspecified atom stereocenters. The van der Waals surface area contributed by atoms with E-state index in [1.54, 1.807) is 12.1 Å². The second-order valence-corrected chi connectivity index (χ2v) is 5.63. The van der Waals surface area contributed by atoms with Crippen molar-refractivity contribution in [2.45, 2.75) is 25.2 Å². The molecule has 1 aromatic rings. The lowest BCUT2D eigenvalue weighted by atomic mass is 10.2. The van der Waals surface area contributed by atoms with Gasteiger partial charge in [0, 0.05) is 6.54 Å². The average molecular weight is 257 g/mol. The number of hydrogen-bond acceptors (Lipinski definition) is 3. The van der Waals surface area contributed by atoms with Crippen LogP contribution < -0.4 is 4.72 Å². The molecule has 0 radical (unpaired) electrons. The molecular weight excluding hydrogens is 242 g/mol. The zero-order valence-corrected chi connectivity index (χ0v) is 10.5. The Balaban J connectivity index is 2.86. The minimum Gasteiger partial charge on any atom is -0.481 e. The highest BCUT2D eigenvalue weighted by atomic mass is 32.2. The van der Waals surface area contributed by atoms with E-state index in [1.165, 1.54) is 0 Å². The molecule has 0 aromatic heterocycles. The number of sulfonamides is 1. The van der Waals surface area contributed by atoms with Gasteiger partial charge in [-0.05, 0) is 37.1 Å². The van der Waals surface area contributed by atoms with Gasteiger partial charge in [0.2, 0.25) is 10.0 Å². The standard InChI is InChI=1S/C11H15NO4S/c1-8-5-9(2)7-10(6-8)17(15,16)12-4-3-11(13)14/h5-7,12H,3-4H2,1-2H3,(H,13,14). The van der Waals surface area contributed by atoms with Crippen LogP contribution in [0.2, 0.25) is 0 Å². The summed E-state index contributed by atoms with van der Waals surface area (Å²) in [5.41, 5.74) is 1.70. The molecular formula is C11H15NO4S. The zero-order chi connectivity index (χ0) is 13.1. The third kappa shape index (κ3) is 4.16. The monoisotopic (exact) mass is 257 g/mol. The largest absolute Gasteiger partial charge is 0.481 e. The molecule has 0 amide bonds. The van der Waals surface area contributed by atoms with E-state index in [2.05, 4.69) is 4.72 Å². The highest BCUT2D eigenvalue weighted by molar-refractivity contribution is 7.89. The predicted molar refractivity (Wildman–Crippen MR) is 63.4 cm³/mol. The maximum Gasteiger partial charge on any atom is 0.304 e. The van der Waals surface area contributed by atoms with Gasteiger partial charge in [-0.1, -0.05) is 6.07 Å². The van der Waals surface area contributed by atoms with Crippen molar-refractivity contribution in [2.75, 3.05) is 6.54 Å². The fourth-order valence-corrected chi connectivity index (χ4v) is 2.68. The molecule has 1 aromatic carbocycles. The van der Waals surface area contributed by atoms with Crippen LogP contribution in [0.5, 0.6) is 0 Å². The van der Waals surface area contributed by atoms with E-state index in [0.717, 1.165) is 11.1 Å². The second kappa shape index (κ2) is 5.29. The van der Waals surface area contributed by atoms with Gasteiger partial charge in [0.15, 0.2) is 0 Å². The van der Waals surface area contributed by atoms with E-state index < -0.39 is 16.0 Å².